The Hall–Kier alpha value is -1.32. The third-order valence-electron chi connectivity index (χ3n) is 1.95. The maximum absolute atomic E-state index is 11.7. The van der Waals surface area contributed by atoms with E-state index >= 15 is 0 Å². The summed E-state index contributed by atoms with van der Waals surface area (Å²) < 4.78 is 0.774. The minimum absolute atomic E-state index is 0.00102. The molecule has 1 amide bonds. The van der Waals surface area contributed by atoms with Crippen molar-refractivity contribution in [1.29, 1.82) is 0 Å². The molecule has 0 aromatic heterocycles. The summed E-state index contributed by atoms with van der Waals surface area (Å²) in [6.45, 7) is 0.802. The van der Waals surface area contributed by atoms with Crippen LogP contribution < -0.4 is 5.32 Å². The van der Waals surface area contributed by atoms with E-state index in [1.165, 1.54) is 6.07 Å². The van der Waals surface area contributed by atoms with E-state index < -0.39 is 0 Å². The summed E-state index contributed by atoms with van der Waals surface area (Å²) in [5.74, 6) is -0.281. The average Bonchev–Trinajstić information content (AvgIpc) is 2.71. The number of amides is 1. The summed E-state index contributed by atoms with van der Waals surface area (Å²) in [6.07, 6.45) is 0. The predicted octanol–water partition coefficient (Wildman–Crippen LogP) is 0.614. The molecule has 78 valence electrons. The first-order valence-corrected chi connectivity index (χ1v) is 6.61. The van der Waals surface area contributed by atoms with Gasteiger partial charge in [-0.2, -0.15) is 0 Å². The van der Waals surface area contributed by atoms with Gasteiger partial charge in [-0.3, -0.25) is 0 Å². The molecule has 2 N–H and O–H groups in total. The Bertz CT molecular complexity index is 418. The normalized spacial score (nSPS) is 14.8. The Morgan fingerprint density at radius 2 is 2.27 bits per heavy atom. The second kappa shape index (κ2) is 4.47. The number of nitrogens with zero attached hydrogens (tertiary/aromatic N) is 1. The van der Waals surface area contributed by atoms with Crippen LogP contribution in [-0.2, 0) is 0 Å². The molecule has 15 heavy (non-hydrogen) atoms. The zero-order valence-corrected chi connectivity index (χ0v) is 9.65. The number of phenolic OH excluding ortho intramolecular Hbond substituents is 1. The number of para-hydroxylation sites is 1. The van der Waals surface area contributed by atoms with Crippen LogP contribution in [0.2, 0.25) is 5.32 Å². The number of amidine groups is 1. The summed E-state index contributed by atoms with van der Waals surface area (Å²) in [5.41, 5.74) is 0.294. The fourth-order valence-electron chi connectivity index (χ4n) is 1.24. The minimum atomic E-state index is -0.282. The van der Waals surface area contributed by atoms with E-state index in [2.05, 4.69) is 10.3 Å². The molecule has 5 heteroatoms. The van der Waals surface area contributed by atoms with Gasteiger partial charge in [-0.15, -0.1) is 0 Å². The van der Waals surface area contributed by atoms with Crippen molar-refractivity contribution in [3.63, 3.8) is 0 Å². The van der Waals surface area contributed by atoms with Crippen LogP contribution in [0.15, 0.2) is 29.3 Å². The molecule has 2 rings (SSSR count). The van der Waals surface area contributed by atoms with Gasteiger partial charge in [0, 0.05) is 0 Å². The summed E-state index contributed by atoms with van der Waals surface area (Å²) in [5, 5.41) is 13.2. The van der Waals surface area contributed by atoms with Crippen molar-refractivity contribution in [3.05, 3.63) is 29.8 Å². The SMILES string of the molecule is O=C(NC1=NCC[Se]1)c1ccccc1O. The van der Waals surface area contributed by atoms with Crippen LogP contribution in [0.5, 0.6) is 5.75 Å². The molecule has 0 spiro atoms. The molecular weight excluding hydrogens is 259 g/mol. The number of benzene rings is 1. The van der Waals surface area contributed by atoms with Gasteiger partial charge in [0.05, 0.1) is 0 Å². The van der Waals surface area contributed by atoms with E-state index in [0.29, 0.717) is 5.56 Å². The van der Waals surface area contributed by atoms with Crippen LogP contribution >= 0.6 is 0 Å². The molecule has 0 fully saturated rings. The maximum atomic E-state index is 11.7. The number of carbonyl (C=O) groups excluding carboxylic acids is 1. The van der Waals surface area contributed by atoms with Crippen molar-refractivity contribution < 1.29 is 9.90 Å². The molecule has 1 aliphatic heterocycles. The van der Waals surface area contributed by atoms with E-state index in [1.807, 2.05) is 0 Å². The molecule has 0 aliphatic carbocycles. The van der Waals surface area contributed by atoms with Gasteiger partial charge >= 0.3 is 93.3 Å². The standard InChI is InChI=1S/C10H10N2O2Se/c13-8-4-2-1-3-7(8)9(14)12-10-11-5-6-15-10/h1-4,13H,5-6H2,(H,11,12,14). The van der Waals surface area contributed by atoms with Crippen LogP contribution in [0.3, 0.4) is 0 Å². The number of hydrogen-bond acceptors (Lipinski definition) is 3. The average molecular weight is 269 g/mol. The zero-order chi connectivity index (χ0) is 10.7. The molecule has 1 aromatic carbocycles. The molecule has 0 saturated carbocycles. The number of carbonyl (C=O) groups is 1. The van der Waals surface area contributed by atoms with Gasteiger partial charge < -0.3 is 0 Å². The zero-order valence-electron chi connectivity index (χ0n) is 7.93. The third kappa shape index (κ3) is 2.37. The monoisotopic (exact) mass is 270 g/mol. The molecule has 4 nitrogen and oxygen atoms in total. The van der Waals surface area contributed by atoms with Crippen LogP contribution in [0, 0.1) is 0 Å². The molecular formula is C10H10N2O2Se. The number of aromatic hydroxyl groups is 1. The molecule has 0 unspecified atom stereocenters. The first kappa shape index (κ1) is 10.2. The topological polar surface area (TPSA) is 61.7 Å². The Morgan fingerprint density at radius 3 is 2.93 bits per heavy atom. The van der Waals surface area contributed by atoms with E-state index in [4.69, 9.17) is 0 Å². The van der Waals surface area contributed by atoms with E-state index in [9.17, 15) is 9.90 Å². The van der Waals surface area contributed by atoms with Gasteiger partial charge in [-0.25, -0.2) is 0 Å². The fourth-order valence-corrected chi connectivity index (χ4v) is 2.76. The van der Waals surface area contributed by atoms with Gasteiger partial charge in [0.25, 0.3) is 0 Å². The van der Waals surface area contributed by atoms with Gasteiger partial charge in [-0.1, -0.05) is 0 Å². The number of aliphatic imine (C=N–C) groups is 1. The van der Waals surface area contributed by atoms with Crippen LogP contribution in [0.1, 0.15) is 10.4 Å². The first-order valence-electron chi connectivity index (χ1n) is 4.54. The van der Waals surface area contributed by atoms with Gasteiger partial charge in [0.1, 0.15) is 0 Å². The van der Waals surface area contributed by atoms with E-state index in [-0.39, 0.29) is 26.6 Å². The van der Waals surface area contributed by atoms with Crippen molar-refractivity contribution in [1.82, 2.24) is 5.32 Å². The molecule has 0 saturated heterocycles. The summed E-state index contributed by atoms with van der Waals surface area (Å²) in [6, 6.07) is 6.49. The Labute approximate surface area is 93.6 Å². The van der Waals surface area contributed by atoms with Gasteiger partial charge in [0.15, 0.2) is 0 Å². The Balaban J connectivity index is 2.11. The molecule has 1 aliphatic rings. The molecule has 0 radical (unpaired) electrons. The van der Waals surface area contributed by atoms with Crippen LogP contribution in [-0.4, -0.2) is 37.2 Å². The Morgan fingerprint density at radius 1 is 1.47 bits per heavy atom. The first-order chi connectivity index (χ1) is 7.27. The van der Waals surface area contributed by atoms with Crippen LogP contribution in [0.25, 0.3) is 0 Å². The molecule has 0 bridgehead atoms. The predicted molar refractivity (Wildman–Crippen MR) is 58.4 cm³/mol. The number of hydrogen-bond donors (Lipinski definition) is 2. The van der Waals surface area contributed by atoms with Crippen molar-refractivity contribution >= 4 is 25.6 Å². The number of rotatable bonds is 1. The molecule has 1 aromatic rings. The van der Waals surface area contributed by atoms with E-state index in [0.717, 1.165) is 16.6 Å². The second-order valence-corrected chi connectivity index (χ2v) is 5.28. The van der Waals surface area contributed by atoms with Gasteiger partial charge in [0.2, 0.25) is 0 Å². The van der Waals surface area contributed by atoms with Crippen molar-refractivity contribution in [2.45, 2.75) is 5.32 Å². The summed E-state index contributed by atoms with van der Waals surface area (Å²) in [7, 11) is 0. The number of phenols is 1. The second-order valence-electron chi connectivity index (χ2n) is 3.01. The van der Waals surface area contributed by atoms with Gasteiger partial charge in [-0.05, 0) is 0 Å². The Kier molecular flexibility index (Phi) is 3.04. The van der Waals surface area contributed by atoms with Crippen molar-refractivity contribution in [2.75, 3.05) is 6.54 Å². The molecule has 0 atom stereocenters. The van der Waals surface area contributed by atoms with E-state index in [1.54, 1.807) is 18.2 Å². The van der Waals surface area contributed by atoms with Crippen molar-refractivity contribution in [3.8, 4) is 5.75 Å². The third-order valence-corrected chi connectivity index (χ3v) is 3.82. The van der Waals surface area contributed by atoms with Crippen molar-refractivity contribution in [2.24, 2.45) is 4.99 Å². The summed E-state index contributed by atoms with van der Waals surface area (Å²) >= 11 is 0.278. The quantitative estimate of drug-likeness (QED) is 0.734. The summed E-state index contributed by atoms with van der Waals surface area (Å²) in [4.78, 5) is 15.8. The fraction of sp³-hybridized carbons (Fsp3) is 0.200. The molecule has 1 heterocycles. The number of nitrogens with one attached hydrogen (secondary N) is 1. The van der Waals surface area contributed by atoms with Crippen LogP contribution in [0.4, 0.5) is 0 Å².